The van der Waals surface area contributed by atoms with Gasteiger partial charge in [-0.05, 0) is 37.6 Å². The SMILES string of the molecule is CNS(=O)(=O)c1ccc(C(=O)N2C[C@@H]3CCCC[C@@]32c2ccccc2)o1. The number of hydrogen-bond donors (Lipinski definition) is 1. The van der Waals surface area contributed by atoms with Crippen molar-refractivity contribution in [2.24, 2.45) is 5.92 Å². The van der Waals surface area contributed by atoms with E-state index < -0.39 is 10.0 Å². The van der Waals surface area contributed by atoms with Crippen molar-refractivity contribution >= 4 is 15.9 Å². The molecule has 1 N–H and O–H groups in total. The highest BCUT2D eigenvalue weighted by Crippen LogP contribution is 2.54. The Kier molecular flexibility index (Phi) is 4.16. The van der Waals surface area contributed by atoms with Crippen molar-refractivity contribution in [2.75, 3.05) is 13.6 Å². The number of nitrogens with zero attached hydrogens (tertiary/aromatic N) is 1. The van der Waals surface area contributed by atoms with Gasteiger partial charge in [0.2, 0.25) is 5.09 Å². The van der Waals surface area contributed by atoms with Crippen LogP contribution in [0.15, 0.2) is 52.0 Å². The van der Waals surface area contributed by atoms with Crippen LogP contribution in [-0.4, -0.2) is 32.8 Å². The fourth-order valence-electron chi connectivity index (χ4n) is 4.44. The third-order valence-corrected chi connectivity index (χ3v) is 7.05. The second kappa shape index (κ2) is 6.25. The largest absolute Gasteiger partial charge is 0.438 e. The van der Waals surface area contributed by atoms with E-state index in [1.807, 2.05) is 23.1 Å². The Bertz CT molecular complexity index is 922. The topological polar surface area (TPSA) is 79.6 Å². The molecule has 1 amide bonds. The molecule has 6 nitrogen and oxygen atoms in total. The van der Waals surface area contributed by atoms with E-state index >= 15 is 0 Å². The Labute approximate surface area is 153 Å². The van der Waals surface area contributed by atoms with Crippen LogP contribution in [0.3, 0.4) is 0 Å². The smallest absolute Gasteiger partial charge is 0.290 e. The maximum Gasteiger partial charge on any atom is 0.290 e. The zero-order valence-corrected chi connectivity index (χ0v) is 15.5. The summed E-state index contributed by atoms with van der Waals surface area (Å²) in [6, 6.07) is 12.9. The summed E-state index contributed by atoms with van der Waals surface area (Å²) in [7, 11) is -2.39. The van der Waals surface area contributed by atoms with Crippen molar-refractivity contribution in [2.45, 2.75) is 36.3 Å². The summed E-state index contributed by atoms with van der Waals surface area (Å²) in [5, 5.41) is -0.238. The van der Waals surface area contributed by atoms with Crippen LogP contribution < -0.4 is 4.72 Å². The summed E-state index contributed by atoms with van der Waals surface area (Å²) in [4.78, 5) is 15.0. The first-order valence-corrected chi connectivity index (χ1v) is 10.4. The molecule has 1 aromatic carbocycles. The number of hydrogen-bond acceptors (Lipinski definition) is 4. The van der Waals surface area contributed by atoms with Gasteiger partial charge in [0, 0.05) is 12.5 Å². The summed E-state index contributed by atoms with van der Waals surface area (Å²) >= 11 is 0. The lowest BCUT2D eigenvalue weighted by Gasteiger charge is -2.61. The molecule has 4 rings (SSSR count). The van der Waals surface area contributed by atoms with Crippen molar-refractivity contribution in [3.63, 3.8) is 0 Å². The molecule has 2 fully saturated rings. The van der Waals surface area contributed by atoms with Crippen LogP contribution >= 0.6 is 0 Å². The van der Waals surface area contributed by atoms with Gasteiger partial charge in [-0.15, -0.1) is 0 Å². The molecule has 0 unspecified atom stereocenters. The molecule has 1 saturated heterocycles. The molecule has 1 aliphatic heterocycles. The highest BCUT2D eigenvalue weighted by atomic mass is 32.2. The van der Waals surface area contributed by atoms with E-state index in [1.165, 1.54) is 25.6 Å². The molecule has 138 valence electrons. The second-order valence-corrected chi connectivity index (χ2v) is 8.79. The molecule has 0 radical (unpaired) electrons. The van der Waals surface area contributed by atoms with E-state index in [1.54, 1.807) is 0 Å². The number of rotatable bonds is 4. The average molecular weight is 374 g/mol. The van der Waals surface area contributed by atoms with E-state index in [0.29, 0.717) is 12.5 Å². The minimum Gasteiger partial charge on any atom is -0.438 e. The van der Waals surface area contributed by atoms with Crippen LogP contribution in [-0.2, 0) is 15.6 Å². The maximum atomic E-state index is 13.1. The molecule has 2 atom stereocenters. The van der Waals surface area contributed by atoms with Crippen LogP contribution in [0.5, 0.6) is 0 Å². The number of likely N-dealkylation sites (tertiary alicyclic amines) is 1. The first-order valence-electron chi connectivity index (χ1n) is 8.90. The van der Waals surface area contributed by atoms with Crippen LogP contribution in [0.4, 0.5) is 0 Å². The van der Waals surface area contributed by atoms with Crippen molar-refractivity contribution in [3.05, 3.63) is 53.8 Å². The number of carbonyl (C=O) groups excluding carboxylic acids is 1. The molecule has 26 heavy (non-hydrogen) atoms. The Morgan fingerprint density at radius 2 is 1.96 bits per heavy atom. The summed E-state index contributed by atoms with van der Waals surface area (Å²) in [6.07, 6.45) is 4.30. The molecule has 0 spiro atoms. The molecule has 7 heteroatoms. The van der Waals surface area contributed by atoms with Crippen LogP contribution in [0.2, 0.25) is 0 Å². The molecule has 2 aromatic rings. The number of carbonyl (C=O) groups is 1. The Morgan fingerprint density at radius 3 is 2.65 bits per heavy atom. The quantitative estimate of drug-likeness (QED) is 0.892. The monoisotopic (exact) mass is 374 g/mol. The molecule has 1 aromatic heterocycles. The Morgan fingerprint density at radius 1 is 1.19 bits per heavy atom. The van der Waals surface area contributed by atoms with E-state index in [2.05, 4.69) is 16.9 Å². The number of fused-ring (bicyclic) bond motifs is 1. The van der Waals surface area contributed by atoms with E-state index in [0.717, 1.165) is 24.8 Å². The summed E-state index contributed by atoms with van der Waals surface area (Å²) in [5.41, 5.74) is 0.852. The van der Waals surface area contributed by atoms with Crippen molar-refractivity contribution < 1.29 is 17.6 Å². The van der Waals surface area contributed by atoms with Crippen LogP contribution in [0.25, 0.3) is 0 Å². The Hall–Kier alpha value is -2.12. The minimum absolute atomic E-state index is 0.0677. The van der Waals surface area contributed by atoms with Gasteiger partial charge in [0.25, 0.3) is 15.9 Å². The highest BCUT2D eigenvalue weighted by Gasteiger charge is 2.57. The number of nitrogens with one attached hydrogen (secondary N) is 1. The predicted molar refractivity (Wildman–Crippen MR) is 96.1 cm³/mol. The molecule has 1 aliphatic carbocycles. The fraction of sp³-hybridized carbons (Fsp3) is 0.421. The first-order chi connectivity index (χ1) is 12.5. The van der Waals surface area contributed by atoms with Gasteiger partial charge >= 0.3 is 0 Å². The molecular weight excluding hydrogens is 352 g/mol. The van der Waals surface area contributed by atoms with Gasteiger partial charge in [0.15, 0.2) is 5.76 Å². The van der Waals surface area contributed by atoms with Crippen LogP contribution in [0, 0.1) is 5.92 Å². The maximum absolute atomic E-state index is 13.1. The zero-order chi connectivity index (χ0) is 18.4. The molecular formula is C19H22N2O4S. The van der Waals surface area contributed by atoms with Gasteiger partial charge in [-0.3, -0.25) is 4.79 Å². The summed E-state index contributed by atoms with van der Waals surface area (Å²) in [6.45, 7) is 0.683. The number of benzene rings is 1. The lowest BCUT2D eigenvalue weighted by Crippen LogP contribution is -2.67. The van der Waals surface area contributed by atoms with Gasteiger partial charge in [-0.1, -0.05) is 43.2 Å². The predicted octanol–water partition coefficient (Wildman–Crippen LogP) is 2.73. The summed E-state index contributed by atoms with van der Waals surface area (Å²) in [5.74, 6) is 0.265. The van der Waals surface area contributed by atoms with Gasteiger partial charge in [0.05, 0.1) is 5.54 Å². The standard InChI is InChI=1S/C19H22N2O4S/c1-20-26(23,24)17-11-10-16(25-17)18(22)21-13-15-9-5-6-12-19(15,21)14-7-3-2-4-8-14/h2-4,7-8,10-11,15,20H,5-6,9,12-13H2,1H3/t15-,19+/m0/s1. The normalized spacial score (nSPS) is 25.4. The van der Waals surface area contributed by atoms with Gasteiger partial charge in [0.1, 0.15) is 0 Å². The first kappa shape index (κ1) is 17.3. The van der Waals surface area contributed by atoms with Crippen LogP contribution in [0.1, 0.15) is 41.8 Å². The van der Waals surface area contributed by atoms with Crippen molar-refractivity contribution in [1.29, 1.82) is 0 Å². The van der Waals surface area contributed by atoms with Gasteiger partial charge in [-0.25, -0.2) is 13.1 Å². The lowest BCUT2D eigenvalue weighted by molar-refractivity contribution is -0.0883. The minimum atomic E-state index is -3.70. The summed E-state index contributed by atoms with van der Waals surface area (Å²) < 4.78 is 31.3. The zero-order valence-electron chi connectivity index (χ0n) is 14.6. The number of sulfonamides is 1. The van der Waals surface area contributed by atoms with Gasteiger partial charge in [-0.2, -0.15) is 0 Å². The lowest BCUT2D eigenvalue weighted by atomic mass is 9.61. The van der Waals surface area contributed by atoms with Crippen molar-refractivity contribution in [3.8, 4) is 0 Å². The molecule has 0 bridgehead atoms. The molecule has 2 heterocycles. The van der Waals surface area contributed by atoms with E-state index in [9.17, 15) is 13.2 Å². The average Bonchev–Trinajstić information content (AvgIpc) is 3.14. The molecule has 2 aliphatic rings. The van der Waals surface area contributed by atoms with Gasteiger partial charge < -0.3 is 9.32 Å². The highest BCUT2D eigenvalue weighted by molar-refractivity contribution is 7.89. The third-order valence-electron chi connectivity index (χ3n) is 5.77. The fourth-order valence-corrected chi connectivity index (χ4v) is 5.08. The number of amides is 1. The van der Waals surface area contributed by atoms with E-state index in [4.69, 9.17) is 4.42 Å². The molecule has 1 saturated carbocycles. The van der Waals surface area contributed by atoms with Crippen molar-refractivity contribution in [1.82, 2.24) is 9.62 Å². The Balaban J connectivity index is 1.68. The number of furan rings is 1. The van der Waals surface area contributed by atoms with E-state index in [-0.39, 0.29) is 22.3 Å². The third kappa shape index (κ3) is 2.49. The second-order valence-electron chi connectivity index (χ2n) is 6.97.